The summed E-state index contributed by atoms with van der Waals surface area (Å²) in [6.07, 6.45) is 0. The van der Waals surface area contributed by atoms with Gasteiger partial charge in [-0.05, 0) is 77.9 Å². The minimum absolute atomic E-state index is 0.143. The van der Waals surface area contributed by atoms with Crippen molar-refractivity contribution >= 4 is 23.8 Å². The van der Waals surface area contributed by atoms with Crippen LogP contribution >= 0.6 is 23.8 Å². The van der Waals surface area contributed by atoms with Crippen LogP contribution in [0, 0.1) is 0 Å². The minimum atomic E-state index is -3.93. The summed E-state index contributed by atoms with van der Waals surface area (Å²) in [6, 6.07) is 15.4. The molecule has 1 aromatic heterocycles. The molecule has 35 heavy (non-hydrogen) atoms. The minimum Gasteiger partial charge on any atom is -0.454 e. The third kappa shape index (κ3) is 6.74. The van der Waals surface area contributed by atoms with Crippen molar-refractivity contribution in [2.75, 3.05) is 6.79 Å². The van der Waals surface area contributed by atoms with Gasteiger partial charge in [0, 0.05) is 15.6 Å². The molecule has 0 fully saturated rings. The highest BCUT2D eigenvalue weighted by Crippen LogP contribution is 2.55. The number of hydrogen-bond donors (Lipinski definition) is 0. The smallest absolute Gasteiger partial charge is 0.454 e. The van der Waals surface area contributed by atoms with Gasteiger partial charge in [-0.15, -0.1) is 0 Å². The van der Waals surface area contributed by atoms with Crippen LogP contribution in [0.25, 0.3) is 22.5 Å². The van der Waals surface area contributed by atoms with Crippen LogP contribution in [-0.2, 0) is 24.9 Å². The van der Waals surface area contributed by atoms with E-state index in [1.165, 1.54) is 0 Å². The standard InChI is InChI=1S/C25H30BrN2O6P/c1-24(2,3)33-35(29,34-25(4,5)6)32-15-28-21(18-8-7-9-19(26)12-18)14-20(27-28)17-10-11-22-23(13-17)31-16-30-22/h7-14H,15-16H2,1-6H3. The van der Waals surface area contributed by atoms with Crippen molar-refractivity contribution in [2.24, 2.45) is 0 Å². The topological polar surface area (TPSA) is 81.0 Å². The second kappa shape index (κ2) is 9.71. The first kappa shape index (κ1) is 25.9. The summed E-state index contributed by atoms with van der Waals surface area (Å²) >= 11 is 3.53. The molecule has 1 aliphatic rings. The number of rotatable bonds is 7. The predicted octanol–water partition coefficient (Wildman–Crippen LogP) is 7.42. The Bertz CT molecular complexity index is 1240. The van der Waals surface area contributed by atoms with E-state index < -0.39 is 19.0 Å². The van der Waals surface area contributed by atoms with Gasteiger partial charge in [-0.3, -0.25) is 13.6 Å². The Balaban J connectivity index is 1.70. The maximum atomic E-state index is 13.6. The molecule has 0 bridgehead atoms. The molecule has 0 saturated heterocycles. The molecule has 10 heteroatoms. The van der Waals surface area contributed by atoms with Gasteiger partial charge in [0.2, 0.25) is 6.79 Å². The maximum Gasteiger partial charge on any atom is 0.477 e. The Morgan fingerprint density at radius 3 is 2.29 bits per heavy atom. The fraction of sp³-hybridized carbons (Fsp3) is 0.400. The molecule has 0 saturated carbocycles. The van der Waals surface area contributed by atoms with Gasteiger partial charge in [-0.2, -0.15) is 5.10 Å². The summed E-state index contributed by atoms with van der Waals surface area (Å²) in [5, 5.41) is 4.76. The molecule has 0 amide bonds. The summed E-state index contributed by atoms with van der Waals surface area (Å²) in [5.74, 6) is 1.36. The van der Waals surface area contributed by atoms with Gasteiger partial charge in [-0.25, -0.2) is 9.25 Å². The average molecular weight is 565 g/mol. The average Bonchev–Trinajstić information content (AvgIpc) is 3.36. The highest BCUT2D eigenvalue weighted by Gasteiger charge is 2.37. The maximum absolute atomic E-state index is 13.6. The molecule has 0 aliphatic carbocycles. The second-order valence-corrected chi connectivity index (χ2v) is 12.5. The molecule has 1 aliphatic heterocycles. The molecule has 2 heterocycles. The summed E-state index contributed by atoms with van der Waals surface area (Å²) in [7, 11) is -3.93. The van der Waals surface area contributed by atoms with Crippen molar-refractivity contribution in [1.29, 1.82) is 0 Å². The Hall–Kier alpha value is -2.16. The van der Waals surface area contributed by atoms with Gasteiger partial charge in [0.1, 0.15) is 0 Å². The first-order chi connectivity index (χ1) is 16.3. The first-order valence-corrected chi connectivity index (χ1v) is 13.5. The number of ether oxygens (including phenoxy) is 2. The van der Waals surface area contributed by atoms with Gasteiger partial charge in [-0.1, -0.05) is 28.1 Å². The number of aromatic nitrogens is 2. The zero-order valence-corrected chi connectivity index (χ0v) is 23.2. The van der Waals surface area contributed by atoms with Crippen molar-refractivity contribution in [1.82, 2.24) is 9.78 Å². The summed E-state index contributed by atoms with van der Waals surface area (Å²) in [4.78, 5) is 0. The van der Waals surface area contributed by atoms with Crippen LogP contribution in [0.1, 0.15) is 41.5 Å². The third-order valence-electron chi connectivity index (χ3n) is 4.68. The summed E-state index contributed by atoms with van der Waals surface area (Å²) in [6.45, 7) is 10.8. The number of fused-ring (bicyclic) bond motifs is 1. The van der Waals surface area contributed by atoms with Gasteiger partial charge >= 0.3 is 7.82 Å². The van der Waals surface area contributed by atoms with E-state index in [1.54, 1.807) is 46.2 Å². The number of phosphoric acid groups is 1. The summed E-state index contributed by atoms with van der Waals surface area (Å²) in [5.41, 5.74) is 1.75. The number of phosphoric ester groups is 1. The predicted molar refractivity (Wildman–Crippen MR) is 137 cm³/mol. The van der Waals surface area contributed by atoms with E-state index in [9.17, 15) is 4.57 Å². The van der Waals surface area contributed by atoms with Gasteiger partial charge < -0.3 is 9.47 Å². The number of nitrogens with zero attached hydrogens (tertiary/aromatic N) is 2. The Morgan fingerprint density at radius 1 is 0.943 bits per heavy atom. The molecule has 2 aromatic carbocycles. The van der Waals surface area contributed by atoms with Crippen molar-refractivity contribution in [2.45, 2.75) is 59.5 Å². The molecule has 0 atom stereocenters. The largest absolute Gasteiger partial charge is 0.477 e. The van der Waals surface area contributed by atoms with Gasteiger partial charge in [0.15, 0.2) is 18.2 Å². The lowest BCUT2D eigenvalue weighted by Crippen LogP contribution is -2.25. The lowest BCUT2D eigenvalue weighted by molar-refractivity contribution is -0.00732. The second-order valence-electron chi connectivity index (χ2n) is 10.1. The van der Waals surface area contributed by atoms with Crippen LogP contribution in [0.5, 0.6) is 11.5 Å². The van der Waals surface area contributed by atoms with E-state index in [0.29, 0.717) is 17.2 Å². The zero-order valence-electron chi connectivity index (χ0n) is 20.7. The molecule has 0 radical (unpaired) electrons. The lowest BCUT2D eigenvalue weighted by Gasteiger charge is -2.30. The Labute approximate surface area is 214 Å². The third-order valence-corrected chi connectivity index (χ3v) is 7.15. The van der Waals surface area contributed by atoms with E-state index in [4.69, 9.17) is 28.1 Å². The molecule has 188 valence electrons. The monoisotopic (exact) mass is 564 g/mol. The Kier molecular flexibility index (Phi) is 7.19. The molecular weight excluding hydrogens is 535 g/mol. The fourth-order valence-corrected chi connectivity index (χ4v) is 5.59. The number of halogens is 1. The fourth-order valence-electron chi connectivity index (χ4n) is 3.46. The van der Waals surface area contributed by atoms with E-state index in [-0.39, 0.29) is 13.5 Å². The molecule has 0 spiro atoms. The lowest BCUT2D eigenvalue weighted by atomic mass is 10.1. The Morgan fingerprint density at radius 2 is 1.63 bits per heavy atom. The van der Waals surface area contributed by atoms with Crippen LogP contribution in [0.4, 0.5) is 0 Å². The van der Waals surface area contributed by atoms with E-state index >= 15 is 0 Å². The number of hydrogen-bond acceptors (Lipinski definition) is 7. The zero-order chi connectivity index (χ0) is 25.4. The molecular formula is C25H30BrN2O6P. The highest BCUT2D eigenvalue weighted by atomic mass is 79.9. The van der Waals surface area contributed by atoms with E-state index in [2.05, 4.69) is 15.9 Å². The van der Waals surface area contributed by atoms with E-state index in [1.807, 2.05) is 48.5 Å². The molecule has 0 N–H and O–H groups in total. The van der Waals surface area contributed by atoms with E-state index in [0.717, 1.165) is 21.3 Å². The van der Waals surface area contributed by atoms with Crippen LogP contribution < -0.4 is 9.47 Å². The van der Waals surface area contributed by atoms with Crippen LogP contribution in [0.15, 0.2) is 53.0 Å². The quantitative estimate of drug-likeness (QED) is 0.276. The molecule has 8 nitrogen and oxygen atoms in total. The first-order valence-electron chi connectivity index (χ1n) is 11.2. The SMILES string of the molecule is CC(C)(C)OP(=O)(OCn1nc(-c2ccc3c(c2)OCO3)cc1-c1cccc(Br)c1)OC(C)(C)C. The van der Waals surface area contributed by atoms with Crippen molar-refractivity contribution in [3.63, 3.8) is 0 Å². The normalized spacial score (nSPS) is 13.9. The molecule has 3 aromatic rings. The molecule has 4 rings (SSSR count). The van der Waals surface area contributed by atoms with Crippen LogP contribution in [0.2, 0.25) is 0 Å². The van der Waals surface area contributed by atoms with Crippen LogP contribution in [-0.4, -0.2) is 27.8 Å². The van der Waals surface area contributed by atoms with Gasteiger partial charge in [0.05, 0.1) is 22.6 Å². The van der Waals surface area contributed by atoms with Crippen LogP contribution in [0.3, 0.4) is 0 Å². The number of benzene rings is 2. The molecule has 0 unspecified atom stereocenters. The van der Waals surface area contributed by atoms with Gasteiger partial charge in [0.25, 0.3) is 0 Å². The summed E-state index contributed by atoms with van der Waals surface area (Å²) < 4.78 is 44.5. The highest BCUT2D eigenvalue weighted by molar-refractivity contribution is 9.10. The van der Waals surface area contributed by atoms with Crippen molar-refractivity contribution in [3.8, 4) is 34.0 Å². The van der Waals surface area contributed by atoms with Crippen molar-refractivity contribution < 1.29 is 27.6 Å². The van der Waals surface area contributed by atoms with Crippen molar-refractivity contribution in [3.05, 3.63) is 53.0 Å².